The number of methoxy groups -OCH3 is 1. The Kier molecular flexibility index (Phi) is 6.15. The summed E-state index contributed by atoms with van der Waals surface area (Å²) in [5.74, 6) is -0.528. The third kappa shape index (κ3) is 4.55. The molecule has 1 unspecified atom stereocenters. The zero-order chi connectivity index (χ0) is 20.8. The van der Waals surface area contributed by atoms with Crippen molar-refractivity contribution < 1.29 is 14.3 Å². The number of ether oxygens (including phenoxy) is 1. The molecule has 0 saturated carbocycles. The summed E-state index contributed by atoms with van der Waals surface area (Å²) in [5.41, 5.74) is 12.5. The number of nitrogens with zero attached hydrogens (tertiary/aromatic N) is 3. The number of nitrogens with one attached hydrogen (secondary N) is 2. The Balaban J connectivity index is 2.02. The van der Waals surface area contributed by atoms with E-state index in [-0.39, 0.29) is 23.2 Å². The zero-order valence-corrected chi connectivity index (χ0v) is 15.8. The maximum Gasteiger partial charge on any atom is 0.258 e. The number of amides is 1. The van der Waals surface area contributed by atoms with E-state index in [4.69, 9.17) is 16.2 Å². The number of carbonyl (C=O) groups excluding carboxylic acids is 2. The fraction of sp³-hybridized carbons (Fsp3) is 0.211. The number of nitrogens with two attached hydrogens (primary N) is 2. The fourth-order valence-corrected chi connectivity index (χ4v) is 2.77. The maximum atomic E-state index is 12.0. The third-order valence-electron chi connectivity index (χ3n) is 4.14. The smallest absolute Gasteiger partial charge is 0.258 e. The lowest BCUT2D eigenvalue weighted by molar-refractivity contribution is -0.108. The largest absolute Gasteiger partial charge is 0.480 e. The molecule has 2 aromatic heterocycles. The lowest BCUT2D eigenvalue weighted by atomic mass is 10.2. The van der Waals surface area contributed by atoms with Crippen LogP contribution in [0.3, 0.4) is 0 Å². The van der Waals surface area contributed by atoms with E-state index in [2.05, 4.69) is 25.6 Å². The van der Waals surface area contributed by atoms with Crippen molar-refractivity contribution in [2.24, 2.45) is 11.5 Å². The second kappa shape index (κ2) is 8.93. The van der Waals surface area contributed by atoms with Crippen molar-refractivity contribution >= 4 is 40.5 Å². The van der Waals surface area contributed by atoms with Crippen LogP contribution >= 0.6 is 0 Å². The van der Waals surface area contributed by atoms with Crippen molar-refractivity contribution in [3.8, 4) is 5.88 Å². The molecule has 0 aliphatic carbocycles. The number of benzene rings is 1. The highest BCUT2D eigenvalue weighted by atomic mass is 16.5. The SMILES string of the molecule is COc1nc(NC(C=O)CCN)nc(Nc2ccc3ncccc3c2)c1C(N)=O. The Morgan fingerprint density at radius 1 is 1.31 bits per heavy atom. The molecule has 1 aromatic carbocycles. The summed E-state index contributed by atoms with van der Waals surface area (Å²) < 4.78 is 5.22. The minimum Gasteiger partial charge on any atom is -0.480 e. The van der Waals surface area contributed by atoms with Crippen LogP contribution in [-0.4, -0.2) is 46.8 Å². The number of aldehydes is 1. The zero-order valence-electron chi connectivity index (χ0n) is 15.8. The topological polar surface area (TPSA) is 158 Å². The summed E-state index contributed by atoms with van der Waals surface area (Å²) in [7, 11) is 1.36. The standard InChI is InChI=1S/C19H21N7O3/c1-29-18-15(16(21)28)17(25-19(26-18)24-13(10-27)6-7-20)23-12-4-5-14-11(9-12)3-2-8-22-14/h2-5,8-10,13H,6-7,20H2,1H3,(H2,21,28)(H2,23,24,25,26). The summed E-state index contributed by atoms with van der Waals surface area (Å²) in [6.45, 7) is 0.309. The molecule has 1 amide bonds. The van der Waals surface area contributed by atoms with Gasteiger partial charge in [-0.2, -0.15) is 9.97 Å². The van der Waals surface area contributed by atoms with E-state index in [1.807, 2.05) is 24.3 Å². The third-order valence-corrected chi connectivity index (χ3v) is 4.14. The lowest BCUT2D eigenvalue weighted by Crippen LogP contribution is -2.26. The average molecular weight is 395 g/mol. The highest BCUT2D eigenvalue weighted by Crippen LogP contribution is 2.28. The second-order valence-corrected chi connectivity index (χ2v) is 6.14. The molecular formula is C19H21N7O3. The fourth-order valence-electron chi connectivity index (χ4n) is 2.77. The molecule has 1 atom stereocenters. The summed E-state index contributed by atoms with van der Waals surface area (Å²) >= 11 is 0. The van der Waals surface area contributed by atoms with Crippen molar-refractivity contribution in [3.05, 3.63) is 42.1 Å². The molecule has 0 fully saturated rings. The van der Waals surface area contributed by atoms with Crippen molar-refractivity contribution in [2.75, 3.05) is 24.3 Å². The molecule has 3 aromatic rings. The van der Waals surface area contributed by atoms with Gasteiger partial charge in [-0.25, -0.2) is 0 Å². The number of primary amides is 1. The summed E-state index contributed by atoms with van der Waals surface area (Å²) in [6, 6.07) is 8.65. The van der Waals surface area contributed by atoms with E-state index in [9.17, 15) is 9.59 Å². The Morgan fingerprint density at radius 3 is 2.83 bits per heavy atom. The van der Waals surface area contributed by atoms with E-state index in [1.165, 1.54) is 7.11 Å². The quantitative estimate of drug-likeness (QED) is 0.391. The van der Waals surface area contributed by atoms with Crippen molar-refractivity contribution in [1.82, 2.24) is 15.0 Å². The van der Waals surface area contributed by atoms with Gasteiger partial charge in [0, 0.05) is 17.3 Å². The van der Waals surface area contributed by atoms with Gasteiger partial charge < -0.3 is 31.6 Å². The van der Waals surface area contributed by atoms with E-state index in [0.717, 1.165) is 10.9 Å². The number of rotatable bonds is 9. The van der Waals surface area contributed by atoms with Gasteiger partial charge in [0.1, 0.15) is 11.8 Å². The van der Waals surface area contributed by atoms with Crippen LogP contribution in [0.2, 0.25) is 0 Å². The lowest BCUT2D eigenvalue weighted by Gasteiger charge is -2.16. The average Bonchev–Trinajstić information content (AvgIpc) is 2.72. The molecule has 29 heavy (non-hydrogen) atoms. The highest BCUT2D eigenvalue weighted by molar-refractivity contribution is 6.01. The molecule has 10 nitrogen and oxygen atoms in total. The number of fused-ring (bicyclic) bond motifs is 1. The van der Waals surface area contributed by atoms with E-state index in [1.54, 1.807) is 12.3 Å². The minimum atomic E-state index is -0.757. The number of anilines is 3. The van der Waals surface area contributed by atoms with Crippen LogP contribution in [0.4, 0.5) is 17.5 Å². The number of hydrogen-bond acceptors (Lipinski definition) is 9. The van der Waals surface area contributed by atoms with Crippen LogP contribution in [-0.2, 0) is 4.79 Å². The molecule has 6 N–H and O–H groups in total. The molecular weight excluding hydrogens is 374 g/mol. The van der Waals surface area contributed by atoms with Crippen molar-refractivity contribution in [1.29, 1.82) is 0 Å². The van der Waals surface area contributed by atoms with E-state index >= 15 is 0 Å². The molecule has 0 aliphatic heterocycles. The highest BCUT2D eigenvalue weighted by Gasteiger charge is 2.21. The maximum absolute atomic E-state index is 12.0. The molecule has 0 aliphatic rings. The molecule has 0 saturated heterocycles. The molecule has 2 heterocycles. The van der Waals surface area contributed by atoms with Crippen LogP contribution < -0.4 is 26.8 Å². The molecule has 0 bridgehead atoms. The van der Waals surface area contributed by atoms with Crippen LogP contribution in [0, 0.1) is 0 Å². The van der Waals surface area contributed by atoms with Gasteiger partial charge in [-0.3, -0.25) is 9.78 Å². The molecule has 3 rings (SSSR count). The van der Waals surface area contributed by atoms with Gasteiger partial charge >= 0.3 is 0 Å². The number of pyridine rings is 1. The number of hydrogen-bond donors (Lipinski definition) is 4. The first-order valence-corrected chi connectivity index (χ1v) is 8.85. The van der Waals surface area contributed by atoms with Gasteiger partial charge in [0.25, 0.3) is 5.91 Å². The van der Waals surface area contributed by atoms with Crippen molar-refractivity contribution in [3.63, 3.8) is 0 Å². The van der Waals surface area contributed by atoms with Gasteiger partial charge in [0.05, 0.1) is 18.7 Å². The van der Waals surface area contributed by atoms with Gasteiger partial charge in [-0.05, 0) is 37.2 Å². The summed E-state index contributed by atoms with van der Waals surface area (Å²) in [6.07, 6.45) is 2.82. The Labute approximate surface area is 166 Å². The van der Waals surface area contributed by atoms with Crippen molar-refractivity contribution in [2.45, 2.75) is 12.5 Å². The predicted molar refractivity (Wildman–Crippen MR) is 109 cm³/mol. The van der Waals surface area contributed by atoms with E-state index in [0.29, 0.717) is 24.9 Å². The van der Waals surface area contributed by atoms with Crippen LogP contribution in [0.1, 0.15) is 16.8 Å². The summed E-state index contributed by atoms with van der Waals surface area (Å²) in [5, 5.41) is 6.85. The number of aromatic nitrogens is 3. The number of carbonyl (C=O) groups is 2. The monoisotopic (exact) mass is 395 g/mol. The Hall–Kier alpha value is -3.79. The van der Waals surface area contributed by atoms with Gasteiger partial charge in [-0.1, -0.05) is 6.07 Å². The second-order valence-electron chi connectivity index (χ2n) is 6.14. The molecule has 0 spiro atoms. The first kappa shape index (κ1) is 20.0. The summed E-state index contributed by atoms with van der Waals surface area (Å²) in [4.78, 5) is 36.0. The Bertz CT molecular complexity index is 1040. The van der Waals surface area contributed by atoms with E-state index < -0.39 is 11.9 Å². The van der Waals surface area contributed by atoms with Gasteiger partial charge in [0.15, 0.2) is 5.82 Å². The normalized spacial score (nSPS) is 11.7. The predicted octanol–water partition coefficient (Wildman–Crippen LogP) is 1.20. The van der Waals surface area contributed by atoms with Crippen LogP contribution in [0.15, 0.2) is 36.5 Å². The molecule has 10 heteroatoms. The van der Waals surface area contributed by atoms with Crippen LogP contribution in [0.25, 0.3) is 10.9 Å². The van der Waals surface area contributed by atoms with Gasteiger partial charge in [-0.15, -0.1) is 0 Å². The molecule has 150 valence electrons. The minimum absolute atomic E-state index is 0.00851. The first-order chi connectivity index (χ1) is 14.0. The van der Waals surface area contributed by atoms with Crippen LogP contribution in [0.5, 0.6) is 5.88 Å². The first-order valence-electron chi connectivity index (χ1n) is 8.85. The van der Waals surface area contributed by atoms with Gasteiger partial charge in [0.2, 0.25) is 11.8 Å². The molecule has 0 radical (unpaired) electrons. The Morgan fingerprint density at radius 2 is 2.14 bits per heavy atom.